The van der Waals surface area contributed by atoms with Crippen molar-refractivity contribution in [3.63, 3.8) is 0 Å². The van der Waals surface area contributed by atoms with Gasteiger partial charge in [0.1, 0.15) is 0 Å². The van der Waals surface area contributed by atoms with E-state index in [9.17, 15) is 4.79 Å². The Labute approximate surface area is 129 Å². The summed E-state index contributed by atoms with van der Waals surface area (Å²) in [5, 5.41) is 1.45. The van der Waals surface area contributed by atoms with Gasteiger partial charge in [-0.15, -0.1) is 0 Å². The highest BCUT2D eigenvalue weighted by Crippen LogP contribution is 2.24. The number of anilines is 1. The van der Waals surface area contributed by atoms with Crippen molar-refractivity contribution in [2.24, 2.45) is 0 Å². The molecule has 0 amide bonds. The zero-order chi connectivity index (χ0) is 15.7. The molecule has 2 aromatic carbocycles. The van der Waals surface area contributed by atoms with Gasteiger partial charge in [0.05, 0.1) is 16.6 Å². The topological polar surface area (TPSA) is 62.1 Å². The largest absolute Gasteiger partial charge is 0.397 e. The summed E-state index contributed by atoms with van der Waals surface area (Å²) in [6.45, 7) is 0.997. The summed E-state index contributed by atoms with van der Waals surface area (Å²) in [6, 6.07) is 11.5. The molecule has 0 unspecified atom stereocenters. The highest BCUT2D eigenvalue weighted by molar-refractivity contribution is 5.99. The predicted octanol–water partition coefficient (Wildman–Crippen LogP) is 2.76. The van der Waals surface area contributed by atoms with E-state index in [-0.39, 0.29) is 5.43 Å². The molecule has 3 N–H and O–H groups in total. The molecule has 0 atom stereocenters. The number of fused-ring (bicyclic) bond motifs is 2. The Kier molecular flexibility index (Phi) is 3.86. The van der Waals surface area contributed by atoms with Crippen molar-refractivity contribution in [3.05, 3.63) is 52.2 Å². The first kappa shape index (κ1) is 14.6. The van der Waals surface area contributed by atoms with Gasteiger partial charge in [-0.05, 0) is 57.2 Å². The normalized spacial score (nSPS) is 11.6. The lowest BCUT2D eigenvalue weighted by atomic mass is 10.0. The quantitative estimate of drug-likeness (QED) is 0.574. The summed E-state index contributed by atoms with van der Waals surface area (Å²) in [7, 11) is 4.11. The molecule has 1 heterocycles. The maximum atomic E-state index is 12.9. The van der Waals surface area contributed by atoms with Gasteiger partial charge in [0, 0.05) is 10.9 Å². The van der Waals surface area contributed by atoms with Crippen LogP contribution in [-0.4, -0.2) is 30.5 Å². The van der Waals surface area contributed by atoms with Crippen LogP contribution in [0.1, 0.15) is 12.0 Å². The third-order valence-corrected chi connectivity index (χ3v) is 4.03. The Morgan fingerprint density at radius 1 is 1.14 bits per heavy atom. The minimum absolute atomic E-state index is 0.0662. The fourth-order valence-corrected chi connectivity index (χ4v) is 2.91. The summed E-state index contributed by atoms with van der Waals surface area (Å²) >= 11 is 0. The van der Waals surface area contributed by atoms with Gasteiger partial charge in [-0.2, -0.15) is 0 Å². The SMILES string of the molecule is CN(C)CCCc1ccc(N)c2[nH]c3ccccc3c(=O)c12. The molecule has 4 heteroatoms. The van der Waals surface area contributed by atoms with E-state index in [0.717, 1.165) is 46.8 Å². The number of nitrogens with zero attached hydrogens (tertiary/aromatic N) is 1. The summed E-state index contributed by atoms with van der Waals surface area (Å²) in [4.78, 5) is 18.3. The number of nitrogens with two attached hydrogens (primary N) is 1. The van der Waals surface area contributed by atoms with Crippen molar-refractivity contribution < 1.29 is 0 Å². The molecular formula is C18H21N3O. The van der Waals surface area contributed by atoms with E-state index in [0.29, 0.717) is 5.69 Å². The fraction of sp³-hybridized carbons (Fsp3) is 0.278. The molecule has 0 saturated heterocycles. The number of H-pyrrole nitrogens is 1. The van der Waals surface area contributed by atoms with Crippen LogP contribution in [0.25, 0.3) is 21.8 Å². The molecular weight excluding hydrogens is 274 g/mol. The van der Waals surface area contributed by atoms with Crippen LogP contribution in [0.3, 0.4) is 0 Å². The number of aromatic amines is 1. The molecule has 0 aliphatic rings. The fourth-order valence-electron chi connectivity index (χ4n) is 2.91. The maximum absolute atomic E-state index is 12.9. The lowest BCUT2D eigenvalue weighted by Gasteiger charge is -2.12. The van der Waals surface area contributed by atoms with Crippen LogP contribution in [0.15, 0.2) is 41.2 Å². The van der Waals surface area contributed by atoms with Gasteiger partial charge < -0.3 is 15.6 Å². The zero-order valence-electron chi connectivity index (χ0n) is 13.0. The third-order valence-electron chi connectivity index (χ3n) is 4.03. The van der Waals surface area contributed by atoms with Gasteiger partial charge in [-0.25, -0.2) is 0 Å². The van der Waals surface area contributed by atoms with E-state index in [1.807, 2.05) is 36.4 Å². The van der Waals surface area contributed by atoms with Gasteiger partial charge in [0.2, 0.25) is 0 Å². The first-order chi connectivity index (χ1) is 10.6. The summed E-state index contributed by atoms with van der Waals surface area (Å²) in [6.07, 6.45) is 1.88. The molecule has 0 aliphatic heterocycles. The standard InChI is InChI=1S/C18H21N3O/c1-21(2)11-5-6-12-9-10-14(19)17-16(12)18(22)13-7-3-4-8-15(13)20-17/h3-4,7-10H,5-6,11,19H2,1-2H3,(H,20,22). The summed E-state index contributed by atoms with van der Waals surface area (Å²) < 4.78 is 0. The number of aromatic nitrogens is 1. The van der Waals surface area contributed by atoms with Gasteiger partial charge in [-0.3, -0.25) is 4.79 Å². The molecule has 0 fully saturated rings. The minimum Gasteiger partial charge on any atom is -0.397 e. The van der Waals surface area contributed by atoms with Crippen LogP contribution in [0.5, 0.6) is 0 Å². The highest BCUT2D eigenvalue weighted by Gasteiger charge is 2.11. The van der Waals surface area contributed by atoms with Crippen molar-refractivity contribution in [2.45, 2.75) is 12.8 Å². The number of nitrogen functional groups attached to an aromatic ring is 1. The lowest BCUT2D eigenvalue weighted by molar-refractivity contribution is 0.400. The number of pyridine rings is 1. The Hall–Kier alpha value is -2.33. The molecule has 4 nitrogen and oxygen atoms in total. The van der Waals surface area contributed by atoms with Gasteiger partial charge >= 0.3 is 0 Å². The maximum Gasteiger partial charge on any atom is 0.197 e. The number of aryl methyl sites for hydroxylation is 1. The second-order valence-electron chi connectivity index (χ2n) is 5.97. The van der Waals surface area contributed by atoms with E-state index < -0.39 is 0 Å². The smallest absolute Gasteiger partial charge is 0.197 e. The molecule has 3 rings (SSSR count). The number of nitrogens with one attached hydrogen (secondary N) is 1. The van der Waals surface area contributed by atoms with Crippen LogP contribution >= 0.6 is 0 Å². The molecule has 114 valence electrons. The number of para-hydroxylation sites is 1. The van der Waals surface area contributed by atoms with E-state index in [4.69, 9.17) is 5.73 Å². The van der Waals surface area contributed by atoms with Crippen molar-refractivity contribution in [1.29, 1.82) is 0 Å². The molecule has 0 aliphatic carbocycles. The van der Waals surface area contributed by atoms with E-state index in [1.165, 1.54) is 0 Å². The van der Waals surface area contributed by atoms with Gasteiger partial charge in [-0.1, -0.05) is 18.2 Å². The second-order valence-corrected chi connectivity index (χ2v) is 5.97. The number of hydrogen-bond acceptors (Lipinski definition) is 3. The number of hydrogen-bond donors (Lipinski definition) is 2. The van der Waals surface area contributed by atoms with Gasteiger partial charge in [0.15, 0.2) is 5.43 Å². The molecule has 3 aromatic rings. The second kappa shape index (κ2) is 5.81. The van der Waals surface area contributed by atoms with E-state index >= 15 is 0 Å². The Morgan fingerprint density at radius 3 is 2.68 bits per heavy atom. The van der Waals surface area contributed by atoms with Crippen molar-refractivity contribution in [3.8, 4) is 0 Å². The monoisotopic (exact) mass is 295 g/mol. The molecule has 22 heavy (non-hydrogen) atoms. The Balaban J connectivity index is 2.19. The Bertz CT molecular complexity index is 881. The molecule has 0 bridgehead atoms. The highest BCUT2D eigenvalue weighted by atomic mass is 16.1. The van der Waals surface area contributed by atoms with Gasteiger partial charge in [0.25, 0.3) is 0 Å². The molecule has 0 saturated carbocycles. The molecule has 0 spiro atoms. The van der Waals surface area contributed by atoms with Crippen molar-refractivity contribution >= 4 is 27.5 Å². The molecule has 1 aromatic heterocycles. The van der Waals surface area contributed by atoms with Crippen LogP contribution in [0.4, 0.5) is 5.69 Å². The van der Waals surface area contributed by atoms with E-state index in [1.54, 1.807) is 0 Å². The molecule has 0 radical (unpaired) electrons. The predicted molar refractivity (Wildman–Crippen MR) is 93.4 cm³/mol. The van der Waals surface area contributed by atoms with Crippen LogP contribution < -0.4 is 11.2 Å². The average molecular weight is 295 g/mol. The average Bonchev–Trinajstić information content (AvgIpc) is 2.50. The van der Waals surface area contributed by atoms with Crippen molar-refractivity contribution in [2.75, 3.05) is 26.4 Å². The summed E-state index contributed by atoms with van der Waals surface area (Å²) in [5.74, 6) is 0. The third kappa shape index (κ3) is 2.57. The zero-order valence-corrected chi connectivity index (χ0v) is 13.0. The van der Waals surface area contributed by atoms with Crippen molar-refractivity contribution in [1.82, 2.24) is 9.88 Å². The van der Waals surface area contributed by atoms with Crippen LogP contribution in [-0.2, 0) is 6.42 Å². The van der Waals surface area contributed by atoms with E-state index in [2.05, 4.69) is 24.0 Å². The number of rotatable bonds is 4. The summed E-state index contributed by atoms with van der Waals surface area (Å²) in [5.41, 5.74) is 9.42. The minimum atomic E-state index is 0.0662. The number of benzene rings is 2. The Morgan fingerprint density at radius 2 is 1.91 bits per heavy atom. The van der Waals surface area contributed by atoms with Crippen LogP contribution in [0, 0.1) is 0 Å². The van der Waals surface area contributed by atoms with Crippen LogP contribution in [0.2, 0.25) is 0 Å². The first-order valence-electron chi connectivity index (χ1n) is 7.55. The first-order valence-corrected chi connectivity index (χ1v) is 7.55. The lowest BCUT2D eigenvalue weighted by Crippen LogP contribution is -2.14.